The van der Waals surface area contributed by atoms with E-state index in [-0.39, 0.29) is 5.54 Å². The fourth-order valence-electron chi connectivity index (χ4n) is 3.09. The van der Waals surface area contributed by atoms with Crippen molar-refractivity contribution >= 4 is 0 Å². The van der Waals surface area contributed by atoms with Gasteiger partial charge in [0, 0.05) is 18.1 Å². The van der Waals surface area contributed by atoms with Crippen LogP contribution in [0.5, 0.6) is 0 Å². The zero-order valence-corrected chi connectivity index (χ0v) is 9.93. The molecule has 0 radical (unpaired) electrons. The fraction of sp³-hybridized carbons (Fsp3) is 1.00. The van der Waals surface area contributed by atoms with Crippen LogP contribution in [-0.4, -0.2) is 18.1 Å². The van der Waals surface area contributed by atoms with Gasteiger partial charge in [-0.1, -0.05) is 38.5 Å². The van der Waals surface area contributed by atoms with Crippen LogP contribution in [0.25, 0.3) is 0 Å². The third-order valence-corrected chi connectivity index (χ3v) is 4.20. The van der Waals surface area contributed by atoms with Crippen LogP contribution in [0.2, 0.25) is 0 Å². The first-order chi connectivity index (χ1) is 7.29. The van der Waals surface area contributed by atoms with Gasteiger partial charge < -0.3 is 11.1 Å². The quantitative estimate of drug-likeness (QED) is 0.751. The van der Waals surface area contributed by atoms with E-state index in [9.17, 15) is 0 Å². The second kappa shape index (κ2) is 5.31. The largest absolute Gasteiger partial charge is 0.324 e. The lowest BCUT2D eigenvalue weighted by Gasteiger charge is -2.36. The highest BCUT2D eigenvalue weighted by molar-refractivity contribution is 4.90. The van der Waals surface area contributed by atoms with E-state index in [4.69, 9.17) is 5.73 Å². The molecule has 0 aromatic carbocycles. The van der Waals surface area contributed by atoms with Crippen molar-refractivity contribution in [3.05, 3.63) is 0 Å². The number of nitrogens with one attached hydrogen (secondary N) is 1. The summed E-state index contributed by atoms with van der Waals surface area (Å²) in [6.07, 6.45) is 13.5. The first kappa shape index (κ1) is 11.4. The van der Waals surface area contributed by atoms with Gasteiger partial charge in [-0.25, -0.2) is 0 Å². The Hall–Kier alpha value is -0.0800. The molecule has 0 amide bonds. The molecule has 3 N–H and O–H groups in total. The summed E-state index contributed by atoms with van der Waals surface area (Å²) in [7, 11) is 0. The molecule has 0 saturated heterocycles. The first-order valence-corrected chi connectivity index (χ1v) is 6.81. The lowest BCUT2D eigenvalue weighted by molar-refractivity contribution is 0.258. The third-order valence-electron chi connectivity index (χ3n) is 4.20. The summed E-state index contributed by atoms with van der Waals surface area (Å²) in [6, 6.07) is 0.765. The average Bonchev–Trinajstić information content (AvgIpc) is 2.29. The van der Waals surface area contributed by atoms with Crippen molar-refractivity contribution in [1.29, 1.82) is 0 Å². The maximum Gasteiger partial charge on any atom is 0.0280 e. The van der Waals surface area contributed by atoms with Crippen molar-refractivity contribution in [2.24, 2.45) is 5.73 Å². The molecule has 0 unspecified atom stereocenters. The Morgan fingerprint density at radius 1 is 0.933 bits per heavy atom. The molecule has 0 bridgehead atoms. The molecule has 2 aliphatic carbocycles. The van der Waals surface area contributed by atoms with Crippen LogP contribution in [0.1, 0.15) is 64.2 Å². The van der Waals surface area contributed by atoms with Crippen molar-refractivity contribution in [2.75, 3.05) is 6.54 Å². The average molecular weight is 210 g/mol. The van der Waals surface area contributed by atoms with Crippen LogP contribution in [0.3, 0.4) is 0 Å². The summed E-state index contributed by atoms with van der Waals surface area (Å²) >= 11 is 0. The minimum absolute atomic E-state index is 0.121. The minimum atomic E-state index is 0.121. The monoisotopic (exact) mass is 210 g/mol. The van der Waals surface area contributed by atoms with Gasteiger partial charge in [0.25, 0.3) is 0 Å². The molecule has 0 atom stereocenters. The highest BCUT2D eigenvalue weighted by atomic mass is 15.0. The summed E-state index contributed by atoms with van der Waals surface area (Å²) < 4.78 is 0. The van der Waals surface area contributed by atoms with Crippen molar-refractivity contribution in [3.63, 3.8) is 0 Å². The second-order valence-corrected chi connectivity index (χ2v) is 5.64. The minimum Gasteiger partial charge on any atom is -0.324 e. The van der Waals surface area contributed by atoms with Crippen LogP contribution >= 0.6 is 0 Å². The highest BCUT2D eigenvalue weighted by Gasteiger charge is 2.28. The van der Waals surface area contributed by atoms with E-state index in [2.05, 4.69) is 5.32 Å². The fourth-order valence-corrected chi connectivity index (χ4v) is 3.09. The van der Waals surface area contributed by atoms with Crippen LogP contribution < -0.4 is 11.1 Å². The van der Waals surface area contributed by atoms with E-state index >= 15 is 0 Å². The zero-order chi connectivity index (χ0) is 10.6. The maximum absolute atomic E-state index is 6.41. The molecule has 2 aliphatic rings. The number of nitrogens with two attached hydrogens (primary N) is 1. The van der Waals surface area contributed by atoms with Gasteiger partial charge in [0.2, 0.25) is 0 Å². The number of hydrogen-bond donors (Lipinski definition) is 2. The molecule has 2 heteroatoms. The van der Waals surface area contributed by atoms with Gasteiger partial charge in [0.05, 0.1) is 0 Å². The van der Waals surface area contributed by atoms with Gasteiger partial charge in [0.1, 0.15) is 0 Å². The van der Waals surface area contributed by atoms with Crippen molar-refractivity contribution < 1.29 is 0 Å². The van der Waals surface area contributed by atoms with Crippen LogP contribution in [0, 0.1) is 0 Å². The molecular formula is C13H26N2. The lowest BCUT2D eigenvalue weighted by atomic mass is 9.82. The van der Waals surface area contributed by atoms with E-state index in [1.165, 1.54) is 64.2 Å². The third kappa shape index (κ3) is 3.46. The molecular weight excluding hydrogens is 184 g/mol. The van der Waals surface area contributed by atoms with Crippen molar-refractivity contribution in [1.82, 2.24) is 5.32 Å². The predicted molar refractivity (Wildman–Crippen MR) is 64.9 cm³/mol. The Morgan fingerprint density at radius 3 is 2.20 bits per heavy atom. The molecule has 2 fully saturated rings. The van der Waals surface area contributed by atoms with E-state index in [0.717, 1.165) is 12.6 Å². The topological polar surface area (TPSA) is 38.0 Å². The molecule has 0 spiro atoms. The maximum atomic E-state index is 6.41. The van der Waals surface area contributed by atoms with E-state index in [0.29, 0.717) is 0 Å². The number of rotatable bonds is 3. The molecule has 2 saturated carbocycles. The zero-order valence-electron chi connectivity index (χ0n) is 9.93. The van der Waals surface area contributed by atoms with Crippen LogP contribution in [-0.2, 0) is 0 Å². The number of hydrogen-bond acceptors (Lipinski definition) is 2. The standard InChI is InChI=1S/C13H26N2/c14-13(9-5-2-6-10-13)11-15-12-7-3-1-4-8-12/h12,15H,1-11,14H2. The first-order valence-electron chi connectivity index (χ1n) is 6.81. The van der Waals surface area contributed by atoms with Crippen molar-refractivity contribution in [3.8, 4) is 0 Å². The van der Waals surface area contributed by atoms with E-state index in [1.807, 2.05) is 0 Å². The summed E-state index contributed by atoms with van der Waals surface area (Å²) in [4.78, 5) is 0. The van der Waals surface area contributed by atoms with E-state index < -0.39 is 0 Å². The molecule has 0 aliphatic heterocycles. The second-order valence-electron chi connectivity index (χ2n) is 5.64. The van der Waals surface area contributed by atoms with Gasteiger partial charge in [0.15, 0.2) is 0 Å². The molecule has 2 rings (SSSR count). The molecule has 0 aromatic rings. The predicted octanol–water partition coefficient (Wildman–Crippen LogP) is 2.57. The molecule has 88 valence electrons. The Kier molecular flexibility index (Phi) is 4.04. The smallest absolute Gasteiger partial charge is 0.0280 e. The van der Waals surface area contributed by atoms with Gasteiger partial charge in [-0.2, -0.15) is 0 Å². The van der Waals surface area contributed by atoms with Gasteiger partial charge in [-0.15, -0.1) is 0 Å². The summed E-state index contributed by atoms with van der Waals surface area (Å²) in [5.41, 5.74) is 6.53. The summed E-state index contributed by atoms with van der Waals surface area (Å²) in [5, 5.41) is 3.71. The molecule has 0 aromatic heterocycles. The summed E-state index contributed by atoms with van der Waals surface area (Å²) in [5.74, 6) is 0. The Labute approximate surface area is 94.0 Å². The molecule has 2 nitrogen and oxygen atoms in total. The van der Waals surface area contributed by atoms with E-state index in [1.54, 1.807) is 0 Å². The van der Waals surface area contributed by atoms with Crippen LogP contribution in [0.15, 0.2) is 0 Å². The Balaban J connectivity index is 1.70. The highest BCUT2D eigenvalue weighted by Crippen LogP contribution is 2.26. The van der Waals surface area contributed by atoms with Crippen molar-refractivity contribution in [2.45, 2.75) is 75.8 Å². The van der Waals surface area contributed by atoms with Gasteiger partial charge >= 0.3 is 0 Å². The van der Waals surface area contributed by atoms with Crippen LogP contribution in [0.4, 0.5) is 0 Å². The van der Waals surface area contributed by atoms with Gasteiger partial charge in [-0.3, -0.25) is 0 Å². The van der Waals surface area contributed by atoms with Gasteiger partial charge in [-0.05, 0) is 25.7 Å². The lowest BCUT2D eigenvalue weighted by Crippen LogP contribution is -2.52. The SMILES string of the molecule is NC1(CNC2CCCCC2)CCCCC1. The Bertz CT molecular complexity index is 179. The summed E-state index contributed by atoms with van der Waals surface area (Å²) in [6.45, 7) is 1.05. The molecule has 15 heavy (non-hydrogen) atoms. The normalized spacial score (nSPS) is 27.8. The molecule has 0 heterocycles. The Morgan fingerprint density at radius 2 is 1.53 bits per heavy atom.